The van der Waals surface area contributed by atoms with Crippen molar-refractivity contribution in [3.05, 3.63) is 36.2 Å². The second-order valence-electron chi connectivity index (χ2n) is 4.61. The lowest BCUT2D eigenvalue weighted by Crippen LogP contribution is -2.36. The minimum absolute atomic E-state index is 0.295. The molecular formula is C12H18N4O. The van der Waals surface area contributed by atoms with E-state index in [9.17, 15) is 0 Å². The van der Waals surface area contributed by atoms with Gasteiger partial charge in [-0.05, 0) is 25.0 Å². The van der Waals surface area contributed by atoms with Gasteiger partial charge in [0.15, 0.2) is 5.82 Å². The largest absolute Gasteiger partial charge is 0.339 e. The monoisotopic (exact) mass is 234 g/mol. The molecule has 0 saturated heterocycles. The zero-order valence-electron chi connectivity index (χ0n) is 10.4. The predicted molar refractivity (Wildman–Crippen MR) is 64.2 cm³/mol. The summed E-state index contributed by atoms with van der Waals surface area (Å²) in [5, 5.41) is 3.87. The molecule has 17 heavy (non-hydrogen) atoms. The van der Waals surface area contributed by atoms with Crippen molar-refractivity contribution in [1.29, 1.82) is 0 Å². The highest BCUT2D eigenvalue weighted by molar-refractivity contribution is 5.10. The van der Waals surface area contributed by atoms with E-state index < -0.39 is 0 Å². The smallest absolute Gasteiger partial charge is 0.252 e. The molecule has 2 N–H and O–H groups in total. The molecule has 2 aromatic rings. The van der Waals surface area contributed by atoms with E-state index in [0.717, 1.165) is 0 Å². The second kappa shape index (κ2) is 4.33. The van der Waals surface area contributed by atoms with E-state index in [1.165, 1.54) is 0 Å². The van der Waals surface area contributed by atoms with Crippen LogP contribution in [0.1, 0.15) is 32.5 Å². The highest BCUT2D eigenvalue weighted by atomic mass is 16.5. The average molecular weight is 234 g/mol. The number of nitrogens with zero attached hydrogens (tertiary/aromatic N) is 3. The lowest BCUT2D eigenvalue weighted by molar-refractivity contribution is 0.199. The predicted octanol–water partition coefficient (Wildman–Crippen LogP) is 1.75. The molecule has 0 spiro atoms. The summed E-state index contributed by atoms with van der Waals surface area (Å²) >= 11 is 0. The third-order valence-corrected chi connectivity index (χ3v) is 3.35. The average Bonchev–Trinajstić information content (AvgIpc) is 2.98. The molecule has 0 bridgehead atoms. The molecule has 0 aromatic carbocycles. The highest BCUT2D eigenvalue weighted by Crippen LogP contribution is 2.32. The minimum Gasteiger partial charge on any atom is -0.339 e. The fraction of sp³-hybridized carbons (Fsp3) is 0.500. The van der Waals surface area contributed by atoms with Crippen LogP contribution in [0.5, 0.6) is 0 Å². The number of hydrogen-bond acceptors (Lipinski definition) is 4. The van der Waals surface area contributed by atoms with Crippen LogP contribution in [-0.4, -0.2) is 14.7 Å². The maximum Gasteiger partial charge on any atom is 0.252 e. The Morgan fingerprint density at radius 2 is 2.06 bits per heavy atom. The number of hydrogen-bond donors (Lipinski definition) is 1. The molecule has 1 atom stereocenters. The molecule has 0 unspecified atom stereocenters. The molecule has 5 heteroatoms. The van der Waals surface area contributed by atoms with Gasteiger partial charge in [0.1, 0.15) is 5.54 Å². The molecule has 0 aliphatic carbocycles. The first kappa shape index (κ1) is 11.9. The van der Waals surface area contributed by atoms with Crippen LogP contribution in [0.2, 0.25) is 0 Å². The lowest BCUT2D eigenvalue weighted by Gasteiger charge is -2.31. The Hall–Kier alpha value is -1.62. The summed E-state index contributed by atoms with van der Waals surface area (Å²) in [5.74, 6) is 1.46. The topological polar surface area (TPSA) is 69.9 Å². The van der Waals surface area contributed by atoms with E-state index in [-0.39, 0.29) is 5.54 Å². The van der Waals surface area contributed by atoms with Gasteiger partial charge in [-0.1, -0.05) is 19.0 Å². The molecule has 2 rings (SSSR count). The third-order valence-electron chi connectivity index (χ3n) is 3.35. The Kier molecular flexibility index (Phi) is 3.02. The Bertz CT molecular complexity index is 474. The Labute approximate surface area is 101 Å². The maximum absolute atomic E-state index is 5.51. The van der Waals surface area contributed by atoms with Crippen molar-refractivity contribution in [2.24, 2.45) is 11.7 Å². The van der Waals surface area contributed by atoms with Gasteiger partial charge in [0.2, 0.25) is 0 Å². The van der Waals surface area contributed by atoms with Gasteiger partial charge in [0, 0.05) is 12.4 Å². The van der Waals surface area contributed by atoms with E-state index >= 15 is 0 Å². The zero-order valence-corrected chi connectivity index (χ0v) is 10.4. The van der Waals surface area contributed by atoms with Crippen molar-refractivity contribution in [3.63, 3.8) is 0 Å². The fourth-order valence-corrected chi connectivity index (χ4v) is 1.84. The number of nitrogens with two attached hydrogens (primary N) is 1. The Morgan fingerprint density at radius 3 is 2.53 bits per heavy atom. The van der Waals surface area contributed by atoms with Gasteiger partial charge < -0.3 is 14.8 Å². The lowest BCUT2D eigenvalue weighted by atomic mass is 9.88. The minimum atomic E-state index is -0.343. The van der Waals surface area contributed by atoms with Gasteiger partial charge in [0.05, 0.1) is 6.54 Å². The van der Waals surface area contributed by atoms with E-state index in [1.807, 2.05) is 24.5 Å². The summed E-state index contributed by atoms with van der Waals surface area (Å²) in [4.78, 5) is 4.35. The molecular weight excluding hydrogens is 216 g/mol. The Morgan fingerprint density at radius 1 is 1.41 bits per heavy atom. The van der Waals surface area contributed by atoms with Crippen LogP contribution in [0.15, 0.2) is 29.0 Å². The quantitative estimate of drug-likeness (QED) is 0.875. The summed E-state index contributed by atoms with van der Waals surface area (Å²) < 4.78 is 7.43. The van der Waals surface area contributed by atoms with Crippen molar-refractivity contribution in [2.45, 2.75) is 32.9 Å². The first-order valence-electron chi connectivity index (χ1n) is 5.75. The van der Waals surface area contributed by atoms with Crippen LogP contribution in [-0.2, 0) is 12.1 Å². The van der Waals surface area contributed by atoms with E-state index in [0.29, 0.717) is 24.2 Å². The van der Waals surface area contributed by atoms with Crippen molar-refractivity contribution in [1.82, 2.24) is 14.7 Å². The van der Waals surface area contributed by atoms with E-state index in [1.54, 1.807) is 0 Å². The molecule has 0 fully saturated rings. The van der Waals surface area contributed by atoms with Gasteiger partial charge in [-0.25, -0.2) is 0 Å². The maximum atomic E-state index is 5.51. The molecule has 2 heterocycles. The second-order valence-corrected chi connectivity index (χ2v) is 4.61. The highest BCUT2D eigenvalue weighted by Gasteiger charge is 2.37. The molecule has 0 aliphatic rings. The van der Waals surface area contributed by atoms with Crippen LogP contribution in [0.4, 0.5) is 0 Å². The standard InChI is InChI=1S/C12H18N4O/c1-9(2)12(3,16-6-4-5-7-16)11-14-10(8-13)15-17-11/h4-7,9H,8,13H2,1-3H3/t12-/m0/s1. The van der Waals surface area contributed by atoms with Gasteiger partial charge >= 0.3 is 0 Å². The van der Waals surface area contributed by atoms with Gasteiger partial charge in [-0.15, -0.1) is 0 Å². The van der Waals surface area contributed by atoms with E-state index in [4.69, 9.17) is 10.3 Å². The van der Waals surface area contributed by atoms with Crippen molar-refractivity contribution in [2.75, 3.05) is 0 Å². The number of aromatic nitrogens is 3. The van der Waals surface area contributed by atoms with Crippen molar-refractivity contribution in [3.8, 4) is 0 Å². The van der Waals surface area contributed by atoms with Crippen LogP contribution < -0.4 is 5.73 Å². The molecule has 0 aliphatic heterocycles. The summed E-state index contributed by atoms with van der Waals surface area (Å²) in [6.07, 6.45) is 4.01. The first-order chi connectivity index (χ1) is 8.09. The first-order valence-corrected chi connectivity index (χ1v) is 5.75. The van der Waals surface area contributed by atoms with Crippen LogP contribution in [0, 0.1) is 5.92 Å². The van der Waals surface area contributed by atoms with Crippen LogP contribution in [0.25, 0.3) is 0 Å². The van der Waals surface area contributed by atoms with Gasteiger partial charge in [-0.3, -0.25) is 0 Å². The Balaban J connectivity index is 2.48. The number of rotatable bonds is 4. The van der Waals surface area contributed by atoms with Crippen molar-refractivity contribution < 1.29 is 4.52 Å². The molecule has 0 saturated carbocycles. The fourth-order valence-electron chi connectivity index (χ4n) is 1.84. The molecule has 92 valence electrons. The van der Waals surface area contributed by atoms with E-state index in [2.05, 4.69) is 35.5 Å². The van der Waals surface area contributed by atoms with Crippen LogP contribution >= 0.6 is 0 Å². The summed E-state index contributed by atoms with van der Waals surface area (Å²) in [6.45, 7) is 6.65. The summed E-state index contributed by atoms with van der Waals surface area (Å²) in [7, 11) is 0. The SMILES string of the molecule is CC(C)[C@@](C)(c1nc(CN)no1)n1cccc1. The third kappa shape index (κ3) is 1.86. The molecule has 5 nitrogen and oxygen atoms in total. The van der Waals surface area contributed by atoms with Crippen molar-refractivity contribution >= 4 is 0 Å². The zero-order chi connectivity index (χ0) is 12.5. The van der Waals surface area contributed by atoms with Gasteiger partial charge in [-0.2, -0.15) is 4.98 Å². The molecule has 0 radical (unpaired) electrons. The normalized spacial score (nSPS) is 15.1. The van der Waals surface area contributed by atoms with Gasteiger partial charge in [0.25, 0.3) is 5.89 Å². The molecule has 0 amide bonds. The summed E-state index contributed by atoms with van der Waals surface area (Å²) in [6, 6.07) is 3.97. The summed E-state index contributed by atoms with van der Waals surface area (Å²) in [5.41, 5.74) is 5.17. The molecule has 2 aromatic heterocycles. The van der Waals surface area contributed by atoms with Crippen LogP contribution in [0.3, 0.4) is 0 Å².